The van der Waals surface area contributed by atoms with Gasteiger partial charge in [0.1, 0.15) is 6.29 Å². The maximum atomic E-state index is 10.6. The number of halogens is 1. The van der Waals surface area contributed by atoms with Crippen LogP contribution in [0.15, 0.2) is 48.5 Å². The lowest BCUT2D eigenvalue weighted by Crippen LogP contribution is -1.92. The van der Waals surface area contributed by atoms with Crippen molar-refractivity contribution in [3.8, 4) is 0 Å². The summed E-state index contributed by atoms with van der Waals surface area (Å²) in [4.78, 5) is 10.6. The van der Waals surface area contributed by atoms with Crippen molar-refractivity contribution in [3.63, 3.8) is 0 Å². The average molecular weight is 350 g/mol. The van der Waals surface area contributed by atoms with Crippen LogP contribution in [-0.4, -0.2) is 6.29 Å². The van der Waals surface area contributed by atoms with Crippen LogP contribution in [0.1, 0.15) is 27.0 Å². The molecule has 2 aromatic carbocycles. The van der Waals surface area contributed by atoms with Gasteiger partial charge in [-0.15, -0.1) is 0 Å². The molecule has 0 fully saturated rings. The lowest BCUT2D eigenvalue weighted by atomic mass is 10.0. The molecule has 0 aliphatic carbocycles. The molecule has 0 bridgehead atoms. The Morgan fingerprint density at radius 1 is 0.778 bits per heavy atom. The highest BCUT2D eigenvalue weighted by atomic mass is 127. The molecule has 92 valence electrons. The second-order valence-electron chi connectivity index (χ2n) is 4.31. The maximum Gasteiger partial charge on any atom is 0.150 e. The third-order valence-corrected chi connectivity index (χ3v) is 3.88. The minimum atomic E-state index is 0.741. The molecule has 2 heteroatoms. The predicted octanol–water partition coefficient (Wildman–Crippen LogP) is 4.22. The maximum absolute atomic E-state index is 10.6. The highest BCUT2D eigenvalue weighted by Gasteiger charge is 1.97. The molecule has 0 spiro atoms. The molecule has 0 saturated carbocycles. The lowest BCUT2D eigenvalue weighted by Gasteiger charge is -2.03. The van der Waals surface area contributed by atoms with E-state index in [1.165, 1.54) is 16.7 Å². The summed E-state index contributed by atoms with van der Waals surface area (Å²) in [5.74, 6) is 0. The fraction of sp³-hybridized carbons (Fsp3) is 0.188. The van der Waals surface area contributed by atoms with Crippen LogP contribution in [0, 0.1) is 0 Å². The first kappa shape index (κ1) is 13.3. The zero-order valence-electron chi connectivity index (χ0n) is 10.1. The molecule has 0 saturated heterocycles. The van der Waals surface area contributed by atoms with Gasteiger partial charge in [0.25, 0.3) is 0 Å². The quantitative estimate of drug-likeness (QED) is 0.448. The van der Waals surface area contributed by atoms with Crippen LogP contribution in [0.2, 0.25) is 0 Å². The predicted molar refractivity (Wildman–Crippen MR) is 83.4 cm³/mol. The number of carbonyl (C=O) groups excluding carboxylic acids is 1. The number of aldehydes is 1. The van der Waals surface area contributed by atoms with Crippen LogP contribution >= 0.6 is 22.6 Å². The summed E-state index contributed by atoms with van der Waals surface area (Å²) < 4.78 is 1.06. The Morgan fingerprint density at radius 3 is 1.67 bits per heavy atom. The van der Waals surface area contributed by atoms with E-state index in [0.717, 1.165) is 29.1 Å². The summed E-state index contributed by atoms with van der Waals surface area (Å²) in [6.07, 6.45) is 2.94. The van der Waals surface area contributed by atoms with Crippen molar-refractivity contribution in [2.75, 3.05) is 0 Å². The van der Waals surface area contributed by atoms with Crippen molar-refractivity contribution in [3.05, 3.63) is 70.8 Å². The second kappa shape index (κ2) is 6.69. The van der Waals surface area contributed by atoms with E-state index >= 15 is 0 Å². The van der Waals surface area contributed by atoms with Gasteiger partial charge in [-0.3, -0.25) is 4.79 Å². The van der Waals surface area contributed by atoms with Crippen LogP contribution < -0.4 is 0 Å². The normalized spacial score (nSPS) is 10.3. The fourth-order valence-corrected chi connectivity index (χ4v) is 2.36. The Hall–Kier alpha value is -1.16. The highest BCUT2D eigenvalue weighted by molar-refractivity contribution is 14.1. The molecule has 2 aromatic rings. The van der Waals surface area contributed by atoms with Crippen molar-refractivity contribution in [2.24, 2.45) is 0 Å². The van der Waals surface area contributed by atoms with E-state index in [2.05, 4.69) is 46.9 Å². The highest BCUT2D eigenvalue weighted by Crippen LogP contribution is 2.11. The van der Waals surface area contributed by atoms with Crippen LogP contribution in [0.5, 0.6) is 0 Å². The molecule has 0 heterocycles. The van der Waals surface area contributed by atoms with Crippen LogP contribution in [-0.2, 0) is 17.3 Å². The molecule has 1 nitrogen and oxygen atoms in total. The minimum absolute atomic E-state index is 0.741. The Labute approximate surface area is 121 Å². The molecule has 18 heavy (non-hydrogen) atoms. The topological polar surface area (TPSA) is 17.1 Å². The van der Waals surface area contributed by atoms with Crippen molar-refractivity contribution in [1.29, 1.82) is 0 Å². The molecular formula is C16H15IO. The zero-order valence-corrected chi connectivity index (χ0v) is 12.3. The van der Waals surface area contributed by atoms with Crippen molar-refractivity contribution in [1.82, 2.24) is 0 Å². The first-order valence-corrected chi connectivity index (χ1v) is 7.52. The lowest BCUT2D eigenvalue weighted by molar-refractivity contribution is 0.112. The zero-order chi connectivity index (χ0) is 12.8. The average Bonchev–Trinajstić information content (AvgIpc) is 2.46. The Balaban J connectivity index is 1.95. The van der Waals surface area contributed by atoms with Crippen molar-refractivity contribution < 1.29 is 4.79 Å². The van der Waals surface area contributed by atoms with Crippen molar-refractivity contribution >= 4 is 28.9 Å². The van der Waals surface area contributed by atoms with E-state index in [9.17, 15) is 4.79 Å². The summed E-state index contributed by atoms with van der Waals surface area (Å²) in [7, 11) is 0. The molecule has 0 amide bonds. The first-order valence-electron chi connectivity index (χ1n) is 6.00. The van der Waals surface area contributed by atoms with Gasteiger partial charge in [0.2, 0.25) is 0 Å². The first-order chi connectivity index (χ1) is 8.81. The van der Waals surface area contributed by atoms with E-state index in [-0.39, 0.29) is 0 Å². The second-order valence-corrected chi connectivity index (χ2v) is 5.07. The van der Waals surface area contributed by atoms with Crippen LogP contribution in [0.4, 0.5) is 0 Å². The Kier molecular flexibility index (Phi) is 4.93. The number of benzene rings is 2. The van der Waals surface area contributed by atoms with Gasteiger partial charge >= 0.3 is 0 Å². The summed E-state index contributed by atoms with van der Waals surface area (Å²) >= 11 is 2.37. The van der Waals surface area contributed by atoms with Gasteiger partial charge in [-0.25, -0.2) is 0 Å². The van der Waals surface area contributed by atoms with Crippen LogP contribution in [0.3, 0.4) is 0 Å². The Morgan fingerprint density at radius 2 is 1.22 bits per heavy atom. The summed E-state index contributed by atoms with van der Waals surface area (Å²) in [5.41, 5.74) is 4.75. The van der Waals surface area contributed by atoms with Gasteiger partial charge in [-0.1, -0.05) is 71.1 Å². The molecule has 2 rings (SSSR count). The number of hydrogen-bond acceptors (Lipinski definition) is 1. The minimum Gasteiger partial charge on any atom is -0.298 e. The summed E-state index contributed by atoms with van der Waals surface area (Å²) in [5, 5.41) is 0. The standard InChI is InChI=1S/C16H15IO/c17-11-15-7-3-13(4-8-15)1-2-14-5-9-16(12-18)10-6-14/h3-10,12H,1-2,11H2. The summed E-state index contributed by atoms with van der Waals surface area (Å²) in [6, 6.07) is 16.6. The summed E-state index contributed by atoms with van der Waals surface area (Å²) in [6.45, 7) is 0. The monoisotopic (exact) mass is 350 g/mol. The van der Waals surface area contributed by atoms with Gasteiger partial charge in [-0.2, -0.15) is 0 Å². The van der Waals surface area contributed by atoms with Gasteiger partial charge in [0.05, 0.1) is 0 Å². The molecular weight excluding hydrogens is 335 g/mol. The largest absolute Gasteiger partial charge is 0.298 e. The SMILES string of the molecule is O=Cc1ccc(CCc2ccc(CI)cc2)cc1. The smallest absolute Gasteiger partial charge is 0.150 e. The molecule has 0 aliphatic rings. The van der Waals surface area contributed by atoms with Gasteiger partial charge in [0.15, 0.2) is 0 Å². The van der Waals surface area contributed by atoms with Gasteiger partial charge in [-0.05, 0) is 29.5 Å². The number of hydrogen-bond donors (Lipinski definition) is 0. The molecule has 0 atom stereocenters. The van der Waals surface area contributed by atoms with Crippen molar-refractivity contribution in [2.45, 2.75) is 17.3 Å². The third kappa shape index (κ3) is 3.67. The van der Waals surface area contributed by atoms with Gasteiger partial charge in [0, 0.05) is 9.99 Å². The number of carbonyl (C=O) groups is 1. The molecule has 0 aromatic heterocycles. The number of aryl methyl sites for hydroxylation is 2. The number of rotatable bonds is 5. The molecule has 0 N–H and O–H groups in total. The number of alkyl halides is 1. The molecule has 0 aliphatic heterocycles. The van der Waals surface area contributed by atoms with E-state index in [4.69, 9.17) is 0 Å². The molecule has 0 unspecified atom stereocenters. The van der Waals surface area contributed by atoms with E-state index in [0.29, 0.717) is 0 Å². The van der Waals surface area contributed by atoms with Crippen LogP contribution in [0.25, 0.3) is 0 Å². The third-order valence-electron chi connectivity index (χ3n) is 3.00. The van der Waals surface area contributed by atoms with E-state index in [1.54, 1.807) is 0 Å². The fourth-order valence-electron chi connectivity index (χ4n) is 1.85. The van der Waals surface area contributed by atoms with E-state index in [1.807, 2.05) is 24.3 Å². The van der Waals surface area contributed by atoms with E-state index < -0.39 is 0 Å². The Bertz CT molecular complexity index is 500. The molecule has 0 radical (unpaired) electrons. The van der Waals surface area contributed by atoms with Gasteiger partial charge < -0.3 is 0 Å².